The van der Waals surface area contributed by atoms with Crippen LogP contribution in [-0.2, 0) is 4.79 Å². The van der Waals surface area contributed by atoms with Gasteiger partial charge in [0.1, 0.15) is 5.82 Å². The van der Waals surface area contributed by atoms with E-state index in [1.165, 1.54) is 0 Å². The Kier molecular flexibility index (Phi) is 3.23. The van der Waals surface area contributed by atoms with Gasteiger partial charge >= 0.3 is 0 Å². The van der Waals surface area contributed by atoms with Gasteiger partial charge in [-0.1, -0.05) is 11.6 Å². The Morgan fingerprint density at radius 1 is 1.42 bits per heavy atom. The molecule has 2 N–H and O–H groups in total. The molecule has 0 saturated carbocycles. The number of nitrogens with one attached hydrogen (secondary N) is 2. The molecule has 2 amide bonds. The third-order valence-electron chi connectivity index (χ3n) is 2.99. The Balaban J connectivity index is 2.45. The second-order valence-electron chi connectivity index (χ2n) is 6.05. The zero-order valence-corrected chi connectivity index (χ0v) is 14.9. The first-order valence-corrected chi connectivity index (χ1v) is 7.97. The van der Waals surface area contributed by atoms with Crippen LogP contribution >= 0.6 is 11.6 Å². The molecule has 0 spiro atoms. The van der Waals surface area contributed by atoms with Crippen molar-refractivity contribution in [3.8, 4) is 0 Å². The largest absolute Gasteiger partial charge is 0.352 e. The van der Waals surface area contributed by atoms with Crippen molar-refractivity contribution in [3.05, 3.63) is 34.6 Å². The summed E-state index contributed by atoms with van der Waals surface area (Å²) in [4.78, 5) is 25.1. The quantitative estimate of drug-likeness (QED) is 0.805. The minimum absolute atomic E-state index is 0.0497. The van der Waals surface area contributed by atoms with E-state index in [-0.39, 0.29) is 15.5 Å². The van der Waals surface area contributed by atoms with Gasteiger partial charge in [-0.25, -0.2) is 4.39 Å². The normalized spacial score (nSPS) is 32.6. The average molecular weight is 396 g/mol. The zero-order chi connectivity index (χ0) is 29.9. The second kappa shape index (κ2) is 8.82. The highest BCUT2D eigenvalue weighted by molar-refractivity contribution is 6.31. The minimum atomic E-state index is -3.58. The smallest absolute Gasteiger partial charge is 0.251 e. The average Bonchev–Trinajstić information content (AvgIpc) is 2.72. The lowest BCUT2D eigenvalue weighted by Gasteiger charge is -2.32. The number of halogens is 2. The van der Waals surface area contributed by atoms with Crippen LogP contribution in [0.15, 0.2) is 18.2 Å². The fourth-order valence-corrected chi connectivity index (χ4v) is 2.21. The van der Waals surface area contributed by atoms with Crippen molar-refractivity contribution < 1.29 is 30.4 Å². The van der Waals surface area contributed by atoms with Gasteiger partial charge in [-0.3, -0.25) is 14.5 Å². The summed E-state index contributed by atoms with van der Waals surface area (Å²) in [6.07, 6.45) is -7.16. The lowest BCUT2D eigenvalue weighted by Crippen LogP contribution is -2.48. The number of likely N-dealkylation sites (tertiary alicyclic amines) is 1. The Morgan fingerprint density at radius 3 is 2.73 bits per heavy atom. The van der Waals surface area contributed by atoms with Crippen molar-refractivity contribution in [1.29, 1.82) is 0 Å². The maximum Gasteiger partial charge on any atom is 0.251 e. The lowest BCUT2D eigenvalue weighted by atomic mass is 9.96. The SMILES string of the molecule is [2H]C([2H])([2H])C(C)(C)NC(=O)CN1C([2H])([2H])C([2H])([2H])C([2H])(CNC(=O)c2cc(F)cc(Cl)c2)C([2H])([2H])C1([2H])[2H]. The summed E-state index contributed by atoms with van der Waals surface area (Å²) in [5, 5.41) is 3.96. The number of hydrogen-bond acceptors (Lipinski definition) is 3. The number of amides is 2. The first-order valence-electron chi connectivity index (χ1n) is 13.6. The third kappa shape index (κ3) is 6.92. The molecule has 2 rings (SSSR count). The number of piperidine rings is 1. The summed E-state index contributed by atoms with van der Waals surface area (Å²) in [6.45, 7) is -10.1. The molecule has 1 heterocycles. The van der Waals surface area contributed by atoms with Crippen LogP contribution in [0.25, 0.3) is 0 Å². The molecule has 0 radical (unpaired) electrons. The van der Waals surface area contributed by atoms with E-state index in [1.807, 2.05) is 5.32 Å². The minimum Gasteiger partial charge on any atom is -0.352 e. The van der Waals surface area contributed by atoms with E-state index in [0.717, 1.165) is 32.0 Å². The van der Waals surface area contributed by atoms with Crippen LogP contribution in [0.3, 0.4) is 0 Å². The standard InChI is InChI=1S/C19H27ClFN3O2/c1-19(2,3)23-17(25)12-24-6-4-13(5-7-24)11-22-18(26)14-8-15(20)10-16(21)9-14/h8-10,13H,4-7,11-12H2,1-3H3,(H,22,26)(H,23,25)/i1D3,4D2,5D2,6D2,7D2,13D. The fourth-order valence-electron chi connectivity index (χ4n) is 1.98. The van der Waals surface area contributed by atoms with Gasteiger partial charge in [-0.05, 0) is 70.5 Å². The van der Waals surface area contributed by atoms with Gasteiger partial charge in [0.15, 0.2) is 0 Å². The summed E-state index contributed by atoms with van der Waals surface area (Å²) in [6, 6.07) is 2.71. The molecular formula is C19H27ClFN3O2. The van der Waals surface area contributed by atoms with Crippen molar-refractivity contribution >= 4 is 23.4 Å². The lowest BCUT2D eigenvalue weighted by molar-refractivity contribution is -0.124. The van der Waals surface area contributed by atoms with E-state index in [1.54, 1.807) is 0 Å². The van der Waals surface area contributed by atoms with Crippen LogP contribution in [0.5, 0.6) is 0 Å². The van der Waals surface area contributed by atoms with Crippen molar-refractivity contribution in [2.45, 2.75) is 39.0 Å². The van der Waals surface area contributed by atoms with E-state index in [9.17, 15) is 14.0 Å². The van der Waals surface area contributed by atoms with Gasteiger partial charge in [-0.15, -0.1) is 0 Å². The van der Waals surface area contributed by atoms with Gasteiger partial charge in [-0.2, -0.15) is 0 Å². The molecule has 26 heavy (non-hydrogen) atoms. The van der Waals surface area contributed by atoms with Crippen LogP contribution < -0.4 is 10.6 Å². The first-order chi connectivity index (χ1) is 16.8. The Labute approximate surface area is 176 Å². The highest BCUT2D eigenvalue weighted by Crippen LogP contribution is 2.17. The molecule has 1 aromatic carbocycles. The molecule has 0 atom stereocenters. The Hall–Kier alpha value is -1.66. The maximum absolute atomic E-state index is 13.6. The summed E-state index contributed by atoms with van der Waals surface area (Å²) >= 11 is 5.71. The van der Waals surface area contributed by atoms with E-state index < -0.39 is 74.7 Å². The number of rotatable bonds is 5. The molecule has 1 aliphatic rings. The monoisotopic (exact) mass is 395 g/mol. The van der Waals surface area contributed by atoms with Crippen molar-refractivity contribution in [3.63, 3.8) is 0 Å². The van der Waals surface area contributed by atoms with E-state index in [2.05, 4.69) is 5.32 Å². The van der Waals surface area contributed by atoms with Gasteiger partial charge < -0.3 is 10.6 Å². The fraction of sp³-hybridized carbons (Fsp3) is 0.579. The first kappa shape index (κ1) is 9.51. The number of carbonyl (C=O) groups excluding carboxylic acids is 2. The summed E-state index contributed by atoms with van der Waals surface area (Å²) in [7, 11) is 0. The van der Waals surface area contributed by atoms with Crippen LogP contribution in [0, 0.1) is 11.7 Å². The third-order valence-corrected chi connectivity index (χ3v) is 3.21. The number of benzene rings is 1. The van der Waals surface area contributed by atoms with Gasteiger partial charge in [0.25, 0.3) is 5.91 Å². The number of carbonyl (C=O) groups is 2. The maximum atomic E-state index is 13.6. The molecule has 0 unspecified atom stereocenters. The van der Waals surface area contributed by atoms with E-state index >= 15 is 0 Å². The van der Waals surface area contributed by atoms with E-state index in [4.69, 9.17) is 28.1 Å². The van der Waals surface area contributed by atoms with Crippen molar-refractivity contribution in [1.82, 2.24) is 15.5 Å². The molecule has 0 aromatic heterocycles. The predicted molar refractivity (Wildman–Crippen MR) is 101 cm³/mol. The van der Waals surface area contributed by atoms with Gasteiger partial charge in [0, 0.05) is 39.1 Å². The highest BCUT2D eigenvalue weighted by atomic mass is 35.5. The molecule has 144 valence electrons. The molecule has 7 heteroatoms. The molecule has 5 nitrogen and oxygen atoms in total. The highest BCUT2D eigenvalue weighted by Gasteiger charge is 2.23. The summed E-state index contributed by atoms with van der Waals surface area (Å²) in [5.41, 5.74) is -2.21. The van der Waals surface area contributed by atoms with Crippen LogP contribution in [0.2, 0.25) is 5.02 Å². The van der Waals surface area contributed by atoms with Crippen LogP contribution in [0.1, 0.15) is 60.3 Å². The second-order valence-corrected chi connectivity index (χ2v) is 6.49. The number of nitrogens with zero attached hydrogens (tertiary/aromatic N) is 1. The van der Waals surface area contributed by atoms with Gasteiger partial charge in [0.05, 0.1) is 6.54 Å². The molecule has 1 fully saturated rings. The summed E-state index contributed by atoms with van der Waals surface area (Å²) < 4.78 is 112. The predicted octanol–water partition coefficient (Wildman–Crippen LogP) is 2.84. The molecule has 0 aliphatic carbocycles. The van der Waals surface area contributed by atoms with Gasteiger partial charge in [0.2, 0.25) is 5.91 Å². The zero-order valence-electron chi connectivity index (χ0n) is 26.2. The topological polar surface area (TPSA) is 61.4 Å². The Bertz CT molecular complexity index is 1060. The molecule has 1 saturated heterocycles. The van der Waals surface area contributed by atoms with Crippen molar-refractivity contribution in [2.24, 2.45) is 5.89 Å². The molecule has 1 aliphatic heterocycles. The Morgan fingerprint density at radius 2 is 2.12 bits per heavy atom. The van der Waals surface area contributed by atoms with Crippen molar-refractivity contribution in [2.75, 3.05) is 26.1 Å². The van der Waals surface area contributed by atoms with Crippen LogP contribution in [-0.4, -0.2) is 48.3 Å². The molecule has 0 bridgehead atoms. The number of hydrogen-bond donors (Lipinski definition) is 2. The summed E-state index contributed by atoms with van der Waals surface area (Å²) in [5.74, 6) is -6.57. The molecular weight excluding hydrogens is 357 g/mol. The van der Waals surface area contributed by atoms with Crippen LogP contribution in [0.4, 0.5) is 4.39 Å². The molecule has 1 aromatic rings. The van der Waals surface area contributed by atoms with E-state index in [0.29, 0.717) is 0 Å².